The molecular formula is C24H34N8O2. The standard InChI is InChI=1S/C20H19N7O2.C4H11N.2H2/c1-12-6-15-16(22-9-12)7-13(10-23-15)25-18-4-5-21-20(27-18)26-14-8-17(28-2)19(29-3)24-11-14;1-4-5(2)3;;/h4-11H,1-3H3,(H2,21,25,26,27);4H2,1-3H3;2*1H. The number of fused-ring (bicyclic) bond motifs is 1. The summed E-state index contributed by atoms with van der Waals surface area (Å²) >= 11 is 0. The Balaban J connectivity index is 0.000000846. The second-order valence-corrected chi connectivity index (χ2v) is 7.62. The van der Waals surface area contributed by atoms with Crippen molar-refractivity contribution in [2.24, 2.45) is 0 Å². The van der Waals surface area contributed by atoms with Crippen LogP contribution in [-0.4, -0.2) is 64.7 Å². The molecule has 0 aromatic carbocycles. The van der Waals surface area contributed by atoms with E-state index in [1.807, 2.05) is 25.3 Å². The average molecular weight is 467 g/mol. The van der Waals surface area contributed by atoms with Crippen molar-refractivity contribution in [3.05, 3.63) is 54.6 Å². The molecule has 10 heteroatoms. The minimum absolute atomic E-state index is 0. The Kier molecular flexibility index (Phi) is 8.47. The minimum Gasteiger partial charge on any atom is -0.491 e. The van der Waals surface area contributed by atoms with Crippen molar-refractivity contribution in [2.75, 3.05) is 45.5 Å². The molecule has 4 heterocycles. The summed E-state index contributed by atoms with van der Waals surface area (Å²) in [4.78, 5) is 23.9. The molecule has 4 aromatic rings. The van der Waals surface area contributed by atoms with Gasteiger partial charge in [0.05, 0.1) is 49.0 Å². The van der Waals surface area contributed by atoms with Gasteiger partial charge in [0.15, 0.2) is 5.75 Å². The lowest BCUT2D eigenvalue weighted by atomic mass is 10.2. The van der Waals surface area contributed by atoms with Crippen LogP contribution in [-0.2, 0) is 0 Å². The van der Waals surface area contributed by atoms with Gasteiger partial charge in [-0.05, 0) is 51.3 Å². The van der Waals surface area contributed by atoms with Crippen molar-refractivity contribution >= 4 is 34.2 Å². The van der Waals surface area contributed by atoms with Crippen LogP contribution in [0.4, 0.5) is 23.1 Å². The van der Waals surface area contributed by atoms with Crippen LogP contribution in [0.25, 0.3) is 11.0 Å². The van der Waals surface area contributed by atoms with E-state index in [1.165, 1.54) is 7.11 Å². The monoisotopic (exact) mass is 466 g/mol. The Labute approximate surface area is 202 Å². The zero-order chi connectivity index (χ0) is 24.5. The van der Waals surface area contributed by atoms with Crippen LogP contribution in [0.5, 0.6) is 11.6 Å². The Morgan fingerprint density at radius 3 is 2.26 bits per heavy atom. The van der Waals surface area contributed by atoms with Crippen LogP contribution in [0.1, 0.15) is 15.3 Å². The van der Waals surface area contributed by atoms with Crippen LogP contribution < -0.4 is 20.1 Å². The van der Waals surface area contributed by atoms with Crippen LogP contribution in [0.3, 0.4) is 0 Å². The number of nitrogens with zero attached hydrogens (tertiary/aromatic N) is 6. The molecule has 182 valence electrons. The minimum atomic E-state index is 0. The third-order valence-corrected chi connectivity index (χ3v) is 4.72. The van der Waals surface area contributed by atoms with E-state index in [2.05, 4.69) is 61.5 Å². The first kappa shape index (κ1) is 24.6. The van der Waals surface area contributed by atoms with E-state index < -0.39 is 0 Å². The number of aromatic nitrogens is 5. The molecule has 4 aromatic heterocycles. The number of rotatable bonds is 7. The topological polar surface area (TPSA) is 110 Å². The van der Waals surface area contributed by atoms with E-state index in [1.54, 1.807) is 37.8 Å². The van der Waals surface area contributed by atoms with E-state index >= 15 is 0 Å². The molecule has 10 nitrogen and oxygen atoms in total. The largest absolute Gasteiger partial charge is 0.491 e. The van der Waals surface area contributed by atoms with Gasteiger partial charge in [0.25, 0.3) is 5.88 Å². The normalized spacial score (nSPS) is 10.4. The van der Waals surface area contributed by atoms with Gasteiger partial charge in [-0.1, -0.05) is 6.92 Å². The number of pyridine rings is 3. The molecule has 0 radical (unpaired) electrons. The number of methoxy groups -OCH3 is 2. The smallest absolute Gasteiger partial charge is 0.256 e. The summed E-state index contributed by atoms with van der Waals surface area (Å²) in [6.45, 7) is 5.25. The SMILES string of the molecule is CCN(C)C.COc1cc(Nc2nccc(Nc3cnc4cc(C)cnc4c3)n2)cnc1OC.[HH].[HH]. The molecule has 0 amide bonds. The lowest BCUT2D eigenvalue weighted by Gasteiger charge is -2.10. The number of aryl methyl sites for hydroxylation is 1. The van der Waals surface area contributed by atoms with Gasteiger partial charge >= 0.3 is 0 Å². The predicted molar refractivity (Wildman–Crippen MR) is 139 cm³/mol. The average Bonchev–Trinajstić information content (AvgIpc) is 2.84. The molecule has 0 aliphatic carbocycles. The van der Waals surface area contributed by atoms with E-state index in [-0.39, 0.29) is 2.85 Å². The maximum atomic E-state index is 5.27. The predicted octanol–water partition coefficient (Wildman–Crippen LogP) is 4.69. The molecule has 34 heavy (non-hydrogen) atoms. The lowest BCUT2D eigenvalue weighted by Crippen LogP contribution is -2.08. The van der Waals surface area contributed by atoms with E-state index in [0.29, 0.717) is 29.1 Å². The first-order valence-corrected chi connectivity index (χ1v) is 10.7. The van der Waals surface area contributed by atoms with Crippen LogP contribution >= 0.6 is 0 Å². The Bertz CT molecular complexity index is 1240. The second kappa shape index (κ2) is 11.7. The van der Waals surface area contributed by atoms with Crippen molar-refractivity contribution in [3.63, 3.8) is 0 Å². The maximum absolute atomic E-state index is 5.27. The van der Waals surface area contributed by atoms with Crippen LogP contribution in [0.2, 0.25) is 0 Å². The summed E-state index contributed by atoms with van der Waals surface area (Å²) in [6.07, 6.45) is 6.84. The van der Waals surface area contributed by atoms with Crippen LogP contribution in [0.15, 0.2) is 49.1 Å². The van der Waals surface area contributed by atoms with Gasteiger partial charge in [-0.25, -0.2) is 9.97 Å². The van der Waals surface area contributed by atoms with Crippen molar-refractivity contribution in [1.29, 1.82) is 0 Å². The summed E-state index contributed by atoms with van der Waals surface area (Å²) in [7, 11) is 7.20. The second-order valence-electron chi connectivity index (χ2n) is 7.62. The molecule has 0 saturated heterocycles. The zero-order valence-electron chi connectivity index (χ0n) is 20.3. The van der Waals surface area contributed by atoms with Gasteiger partial charge < -0.3 is 25.0 Å². The summed E-state index contributed by atoms with van der Waals surface area (Å²) in [5, 5.41) is 6.33. The number of ether oxygens (including phenoxy) is 2. The molecule has 4 rings (SSSR count). The van der Waals surface area contributed by atoms with Crippen molar-refractivity contribution in [1.82, 2.24) is 29.8 Å². The zero-order valence-corrected chi connectivity index (χ0v) is 20.3. The lowest BCUT2D eigenvalue weighted by molar-refractivity contribution is 0.343. The first-order chi connectivity index (χ1) is 16.4. The van der Waals surface area contributed by atoms with E-state index in [0.717, 1.165) is 28.8 Å². The molecule has 0 aliphatic heterocycles. The molecule has 0 fully saturated rings. The molecule has 0 bridgehead atoms. The molecule has 0 unspecified atom stereocenters. The van der Waals surface area contributed by atoms with Crippen molar-refractivity contribution in [2.45, 2.75) is 13.8 Å². The van der Waals surface area contributed by atoms with E-state index in [9.17, 15) is 0 Å². The first-order valence-electron chi connectivity index (χ1n) is 10.7. The highest BCUT2D eigenvalue weighted by Crippen LogP contribution is 2.28. The number of hydrogen-bond donors (Lipinski definition) is 2. The van der Waals surface area contributed by atoms with Crippen molar-refractivity contribution < 1.29 is 12.3 Å². The van der Waals surface area contributed by atoms with Gasteiger partial charge in [0.1, 0.15) is 5.82 Å². The van der Waals surface area contributed by atoms with E-state index in [4.69, 9.17) is 9.47 Å². The van der Waals surface area contributed by atoms with Gasteiger partial charge in [0, 0.05) is 21.3 Å². The third-order valence-electron chi connectivity index (χ3n) is 4.72. The fourth-order valence-corrected chi connectivity index (χ4v) is 2.74. The molecule has 0 atom stereocenters. The fourth-order valence-electron chi connectivity index (χ4n) is 2.74. The third kappa shape index (κ3) is 6.72. The summed E-state index contributed by atoms with van der Waals surface area (Å²) in [5.41, 5.74) is 4.19. The highest BCUT2D eigenvalue weighted by atomic mass is 16.5. The number of nitrogens with one attached hydrogen (secondary N) is 2. The fraction of sp³-hybridized carbons (Fsp3) is 0.292. The maximum Gasteiger partial charge on any atom is 0.256 e. The Morgan fingerprint density at radius 1 is 0.882 bits per heavy atom. The Hall–Kier alpha value is -4.05. The molecule has 0 aliphatic rings. The molecular weight excluding hydrogens is 432 g/mol. The summed E-state index contributed by atoms with van der Waals surface area (Å²) < 4.78 is 10.4. The summed E-state index contributed by atoms with van der Waals surface area (Å²) in [5.74, 6) is 1.94. The molecule has 2 N–H and O–H groups in total. The highest BCUT2D eigenvalue weighted by molar-refractivity contribution is 5.79. The highest BCUT2D eigenvalue weighted by Gasteiger charge is 2.08. The summed E-state index contributed by atoms with van der Waals surface area (Å²) in [6, 6.07) is 7.45. The number of hydrogen-bond acceptors (Lipinski definition) is 10. The van der Waals surface area contributed by atoms with Gasteiger partial charge in [0.2, 0.25) is 5.95 Å². The molecule has 0 spiro atoms. The van der Waals surface area contributed by atoms with Gasteiger partial charge in [-0.15, -0.1) is 0 Å². The Morgan fingerprint density at radius 2 is 1.56 bits per heavy atom. The molecule has 0 saturated carbocycles. The van der Waals surface area contributed by atoms with Crippen molar-refractivity contribution in [3.8, 4) is 11.6 Å². The van der Waals surface area contributed by atoms with Gasteiger partial charge in [-0.2, -0.15) is 4.98 Å². The van der Waals surface area contributed by atoms with Gasteiger partial charge in [-0.3, -0.25) is 9.97 Å². The number of anilines is 4. The van der Waals surface area contributed by atoms with Crippen LogP contribution in [0, 0.1) is 6.92 Å². The quantitative estimate of drug-likeness (QED) is 0.398.